The smallest absolute Gasteiger partial charge is 0.262 e. The lowest BCUT2D eigenvalue weighted by atomic mass is 10.2. The van der Waals surface area contributed by atoms with Gasteiger partial charge in [-0.3, -0.25) is 9.82 Å². The Hall–Kier alpha value is -3.10. The SMILES string of the molecule is O=S(=O)(Nc1cc2c(-c3cc4ccccc4[nH]3)[nH]nc2s1)c1ccccc1. The van der Waals surface area contributed by atoms with Gasteiger partial charge in [0.15, 0.2) is 0 Å². The molecule has 0 radical (unpaired) electrons. The van der Waals surface area contributed by atoms with E-state index in [0.717, 1.165) is 32.5 Å². The second kappa shape index (κ2) is 5.97. The van der Waals surface area contributed by atoms with Gasteiger partial charge in [-0.05, 0) is 30.3 Å². The first-order valence-electron chi connectivity index (χ1n) is 8.24. The van der Waals surface area contributed by atoms with Crippen molar-refractivity contribution in [3.63, 3.8) is 0 Å². The van der Waals surface area contributed by atoms with Gasteiger partial charge in [-0.2, -0.15) is 5.10 Å². The fourth-order valence-corrected chi connectivity index (χ4v) is 5.27. The summed E-state index contributed by atoms with van der Waals surface area (Å²) in [6.07, 6.45) is 0. The molecule has 27 heavy (non-hydrogen) atoms. The number of nitrogens with zero attached hydrogens (tertiary/aromatic N) is 1. The van der Waals surface area contributed by atoms with E-state index in [1.165, 1.54) is 11.3 Å². The van der Waals surface area contributed by atoms with Crippen molar-refractivity contribution in [1.29, 1.82) is 0 Å². The van der Waals surface area contributed by atoms with Crippen LogP contribution < -0.4 is 4.72 Å². The van der Waals surface area contributed by atoms with Gasteiger partial charge in [0.05, 0.1) is 16.3 Å². The van der Waals surface area contributed by atoms with E-state index in [4.69, 9.17) is 0 Å². The van der Waals surface area contributed by atoms with Crippen molar-refractivity contribution in [1.82, 2.24) is 15.2 Å². The Morgan fingerprint density at radius 1 is 0.963 bits per heavy atom. The lowest BCUT2D eigenvalue weighted by Crippen LogP contribution is -2.11. The molecule has 3 heterocycles. The molecule has 0 spiro atoms. The molecular formula is C19H14N4O2S2. The predicted molar refractivity (Wildman–Crippen MR) is 109 cm³/mol. The lowest BCUT2D eigenvalue weighted by Gasteiger charge is -2.05. The number of benzene rings is 2. The van der Waals surface area contributed by atoms with Crippen LogP contribution in [0.4, 0.5) is 5.00 Å². The van der Waals surface area contributed by atoms with Crippen LogP contribution in [0.5, 0.6) is 0 Å². The van der Waals surface area contributed by atoms with Crippen molar-refractivity contribution in [2.75, 3.05) is 4.72 Å². The van der Waals surface area contributed by atoms with E-state index in [1.807, 2.05) is 36.4 Å². The molecule has 0 aliphatic carbocycles. The van der Waals surface area contributed by atoms with Gasteiger partial charge < -0.3 is 4.98 Å². The van der Waals surface area contributed by atoms with E-state index in [9.17, 15) is 8.42 Å². The van der Waals surface area contributed by atoms with E-state index in [-0.39, 0.29) is 4.90 Å². The number of thiophene rings is 1. The predicted octanol–water partition coefficient (Wildman–Crippen LogP) is 4.57. The normalized spacial score (nSPS) is 12.0. The maximum absolute atomic E-state index is 12.5. The van der Waals surface area contributed by atoms with Gasteiger partial charge in [-0.15, -0.1) is 0 Å². The van der Waals surface area contributed by atoms with Crippen LogP contribution in [0.25, 0.3) is 32.5 Å². The van der Waals surface area contributed by atoms with Gasteiger partial charge in [0, 0.05) is 16.3 Å². The molecule has 3 N–H and O–H groups in total. The van der Waals surface area contributed by atoms with Crippen LogP contribution in [0.1, 0.15) is 0 Å². The molecule has 3 aromatic heterocycles. The number of H-pyrrole nitrogens is 2. The zero-order chi connectivity index (χ0) is 18.4. The van der Waals surface area contributed by atoms with Crippen molar-refractivity contribution in [2.45, 2.75) is 4.90 Å². The summed E-state index contributed by atoms with van der Waals surface area (Å²) in [4.78, 5) is 4.34. The summed E-state index contributed by atoms with van der Waals surface area (Å²) < 4.78 is 27.7. The summed E-state index contributed by atoms with van der Waals surface area (Å²) in [5, 5.41) is 9.88. The molecule has 0 aliphatic heterocycles. The molecule has 8 heteroatoms. The Morgan fingerprint density at radius 3 is 2.56 bits per heavy atom. The molecule has 0 saturated carbocycles. The molecule has 0 saturated heterocycles. The van der Waals surface area contributed by atoms with E-state index in [2.05, 4.69) is 19.9 Å². The first-order valence-corrected chi connectivity index (χ1v) is 10.5. The number of fused-ring (bicyclic) bond motifs is 2. The van der Waals surface area contributed by atoms with Gasteiger partial charge in [0.25, 0.3) is 10.0 Å². The van der Waals surface area contributed by atoms with E-state index >= 15 is 0 Å². The molecule has 0 fully saturated rings. The number of nitrogens with one attached hydrogen (secondary N) is 3. The second-order valence-corrected chi connectivity index (χ2v) is 8.83. The molecule has 6 nitrogen and oxygen atoms in total. The first kappa shape index (κ1) is 16.1. The molecule has 134 valence electrons. The Morgan fingerprint density at radius 2 is 1.74 bits per heavy atom. The fraction of sp³-hybridized carbons (Fsp3) is 0. The van der Waals surface area contributed by atoms with Crippen LogP contribution in [0, 0.1) is 0 Å². The van der Waals surface area contributed by atoms with Crippen molar-refractivity contribution in [3.8, 4) is 11.4 Å². The Kier molecular flexibility index (Phi) is 3.56. The largest absolute Gasteiger partial charge is 0.353 e. The van der Waals surface area contributed by atoms with Gasteiger partial charge in [0.1, 0.15) is 9.83 Å². The summed E-state index contributed by atoms with van der Waals surface area (Å²) in [5.41, 5.74) is 2.78. The number of rotatable bonds is 4. The van der Waals surface area contributed by atoms with Crippen molar-refractivity contribution in [3.05, 3.63) is 66.7 Å². The quantitative estimate of drug-likeness (QED) is 0.417. The molecule has 2 aromatic carbocycles. The van der Waals surface area contributed by atoms with E-state index in [1.54, 1.807) is 30.3 Å². The zero-order valence-corrected chi connectivity index (χ0v) is 15.6. The molecule has 0 aliphatic rings. The zero-order valence-electron chi connectivity index (χ0n) is 13.9. The van der Waals surface area contributed by atoms with Crippen LogP contribution in [0.2, 0.25) is 0 Å². The summed E-state index contributed by atoms with van der Waals surface area (Å²) >= 11 is 1.29. The van der Waals surface area contributed by atoms with Gasteiger partial charge >= 0.3 is 0 Å². The summed E-state index contributed by atoms with van der Waals surface area (Å²) in [6, 6.07) is 20.2. The highest BCUT2D eigenvalue weighted by Crippen LogP contribution is 2.36. The number of anilines is 1. The minimum Gasteiger partial charge on any atom is -0.353 e. The maximum atomic E-state index is 12.5. The van der Waals surface area contributed by atoms with Crippen LogP contribution in [0.3, 0.4) is 0 Å². The average molecular weight is 394 g/mol. The van der Waals surface area contributed by atoms with Gasteiger partial charge in [0.2, 0.25) is 0 Å². The Balaban J connectivity index is 1.54. The molecule has 5 aromatic rings. The summed E-state index contributed by atoms with van der Waals surface area (Å²) in [5.74, 6) is 0. The van der Waals surface area contributed by atoms with E-state index < -0.39 is 10.0 Å². The highest BCUT2D eigenvalue weighted by molar-refractivity contribution is 7.93. The second-order valence-electron chi connectivity index (χ2n) is 6.12. The average Bonchev–Trinajstić information content (AvgIpc) is 3.35. The topological polar surface area (TPSA) is 90.6 Å². The van der Waals surface area contributed by atoms with Gasteiger partial charge in [-0.25, -0.2) is 8.42 Å². The highest BCUT2D eigenvalue weighted by atomic mass is 32.2. The summed E-state index contributed by atoms with van der Waals surface area (Å²) in [6.45, 7) is 0. The monoisotopic (exact) mass is 394 g/mol. The number of aromatic amines is 2. The number of sulfonamides is 1. The van der Waals surface area contributed by atoms with Crippen LogP contribution in [0.15, 0.2) is 71.6 Å². The number of para-hydroxylation sites is 1. The molecule has 0 atom stereocenters. The molecule has 0 unspecified atom stereocenters. The highest BCUT2D eigenvalue weighted by Gasteiger charge is 2.18. The van der Waals surface area contributed by atoms with Crippen LogP contribution in [-0.4, -0.2) is 23.6 Å². The molecule has 0 bridgehead atoms. The minimum absolute atomic E-state index is 0.230. The third kappa shape index (κ3) is 2.79. The maximum Gasteiger partial charge on any atom is 0.262 e. The van der Waals surface area contributed by atoms with E-state index in [0.29, 0.717) is 5.00 Å². The third-order valence-corrected chi connectivity index (χ3v) is 6.79. The van der Waals surface area contributed by atoms with Crippen molar-refractivity contribution in [2.24, 2.45) is 0 Å². The standard InChI is InChI=1S/C19H14N4O2S2/c24-27(25,13-7-2-1-3-8-13)23-17-11-14-18(21-22-19(14)26-17)16-10-12-6-4-5-9-15(12)20-16/h1-11,20,23H,(H,21,22). The fourth-order valence-electron chi connectivity index (χ4n) is 3.07. The number of hydrogen-bond acceptors (Lipinski definition) is 4. The lowest BCUT2D eigenvalue weighted by molar-refractivity contribution is 0.601. The summed E-state index contributed by atoms with van der Waals surface area (Å²) in [7, 11) is -3.62. The van der Waals surface area contributed by atoms with Crippen molar-refractivity contribution < 1.29 is 8.42 Å². The third-order valence-electron chi connectivity index (χ3n) is 4.34. The van der Waals surface area contributed by atoms with Gasteiger partial charge in [-0.1, -0.05) is 47.7 Å². The Bertz CT molecular complexity index is 1330. The van der Waals surface area contributed by atoms with Crippen LogP contribution in [-0.2, 0) is 10.0 Å². The molecular weight excluding hydrogens is 380 g/mol. The molecule has 0 amide bonds. The van der Waals surface area contributed by atoms with Crippen molar-refractivity contribution >= 4 is 47.5 Å². The number of aromatic nitrogens is 3. The van der Waals surface area contributed by atoms with Crippen LogP contribution >= 0.6 is 11.3 Å². The number of hydrogen-bond donors (Lipinski definition) is 3. The molecule has 5 rings (SSSR count). The Labute approximate surface area is 158 Å². The minimum atomic E-state index is -3.62. The first-order chi connectivity index (χ1) is 13.1.